The Morgan fingerprint density at radius 2 is 1.84 bits per heavy atom. The minimum absolute atomic E-state index is 0.00327. The predicted octanol–water partition coefficient (Wildman–Crippen LogP) is 6.23. The lowest BCUT2D eigenvalue weighted by Crippen LogP contribution is -1.99. The first kappa shape index (κ1) is 17.7. The predicted molar refractivity (Wildman–Crippen MR) is 105 cm³/mol. The second-order valence-electron chi connectivity index (χ2n) is 6.14. The fourth-order valence-electron chi connectivity index (χ4n) is 2.82. The Labute approximate surface area is 157 Å². The van der Waals surface area contributed by atoms with E-state index in [0.29, 0.717) is 17.9 Å². The van der Waals surface area contributed by atoms with Gasteiger partial charge in [0.15, 0.2) is 5.78 Å². The van der Waals surface area contributed by atoms with Crippen molar-refractivity contribution < 1.29 is 9.53 Å². The van der Waals surface area contributed by atoms with Crippen molar-refractivity contribution in [3.05, 3.63) is 87.9 Å². The summed E-state index contributed by atoms with van der Waals surface area (Å²) in [5, 5.41) is 0. The average Bonchev–Trinajstić information content (AvgIpc) is 2.66. The lowest BCUT2D eigenvalue weighted by atomic mass is 9.98. The van der Waals surface area contributed by atoms with E-state index in [1.54, 1.807) is 12.1 Å². The van der Waals surface area contributed by atoms with Crippen molar-refractivity contribution >= 4 is 21.7 Å². The van der Waals surface area contributed by atoms with Crippen molar-refractivity contribution in [2.75, 3.05) is 0 Å². The summed E-state index contributed by atoms with van der Waals surface area (Å²) in [6.45, 7) is 0.494. The molecule has 0 N–H and O–H groups in total. The summed E-state index contributed by atoms with van der Waals surface area (Å²) in [5.41, 5.74) is 2.98. The zero-order valence-corrected chi connectivity index (χ0v) is 15.7. The van der Waals surface area contributed by atoms with E-state index in [0.717, 1.165) is 18.4 Å². The Bertz CT molecular complexity index is 791. The molecule has 0 unspecified atom stereocenters. The zero-order chi connectivity index (χ0) is 17.5. The number of carbonyl (C=O) groups is 1. The van der Waals surface area contributed by atoms with E-state index in [1.165, 1.54) is 22.9 Å². The van der Waals surface area contributed by atoms with E-state index in [9.17, 15) is 4.79 Å². The molecule has 0 aromatic heterocycles. The number of rotatable bonds is 6. The molecule has 2 aromatic rings. The molecule has 128 valence electrons. The molecule has 2 nitrogen and oxygen atoms in total. The van der Waals surface area contributed by atoms with Gasteiger partial charge in [0.1, 0.15) is 12.4 Å². The fourth-order valence-corrected chi connectivity index (χ4v) is 3.43. The largest absolute Gasteiger partial charge is 0.489 e. The highest BCUT2D eigenvalue weighted by atomic mass is 79.9. The lowest BCUT2D eigenvalue weighted by Gasteiger charge is -2.12. The highest BCUT2D eigenvalue weighted by Gasteiger charge is 2.09. The molecule has 0 aliphatic heterocycles. The van der Waals surface area contributed by atoms with Gasteiger partial charge < -0.3 is 4.74 Å². The Kier molecular flexibility index (Phi) is 6.24. The third-order valence-electron chi connectivity index (χ3n) is 4.24. The lowest BCUT2D eigenvalue weighted by molar-refractivity contribution is 0.104. The van der Waals surface area contributed by atoms with Crippen LogP contribution in [0.2, 0.25) is 0 Å². The van der Waals surface area contributed by atoms with Gasteiger partial charge >= 0.3 is 0 Å². The normalized spacial score (nSPS) is 14.8. The number of carbonyl (C=O) groups excluding carboxylic acids is 1. The molecule has 1 aliphatic carbocycles. The molecule has 0 saturated heterocycles. The Morgan fingerprint density at radius 3 is 2.64 bits per heavy atom. The molecule has 1 aliphatic rings. The van der Waals surface area contributed by atoms with E-state index in [4.69, 9.17) is 4.74 Å². The topological polar surface area (TPSA) is 26.3 Å². The van der Waals surface area contributed by atoms with Crippen LogP contribution in [0.5, 0.6) is 5.75 Å². The third-order valence-corrected chi connectivity index (χ3v) is 5.15. The number of hydrogen-bond acceptors (Lipinski definition) is 2. The Morgan fingerprint density at radius 1 is 1.04 bits per heavy atom. The van der Waals surface area contributed by atoms with Crippen LogP contribution in [0.3, 0.4) is 0 Å². The van der Waals surface area contributed by atoms with Crippen LogP contribution in [0.25, 0.3) is 0 Å². The minimum Gasteiger partial charge on any atom is -0.489 e. The first-order valence-corrected chi connectivity index (χ1v) is 9.38. The minimum atomic E-state index is 0.00327. The van der Waals surface area contributed by atoms with E-state index in [1.807, 2.05) is 54.6 Å². The van der Waals surface area contributed by atoms with Crippen molar-refractivity contribution in [3.8, 4) is 5.75 Å². The molecule has 0 saturated carbocycles. The summed E-state index contributed by atoms with van der Waals surface area (Å²) >= 11 is 3.61. The quantitative estimate of drug-likeness (QED) is 0.427. The van der Waals surface area contributed by atoms with Crippen LogP contribution in [0.4, 0.5) is 0 Å². The highest BCUT2D eigenvalue weighted by Crippen LogP contribution is 2.29. The molecule has 0 heterocycles. The van der Waals surface area contributed by atoms with Crippen molar-refractivity contribution in [1.29, 1.82) is 0 Å². The molecule has 3 rings (SSSR count). The van der Waals surface area contributed by atoms with Crippen LogP contribution in [0.15, 0.2) is 76.8 Å². The second kappa shape index (κ2) is 8.82. The fraction of sp³-hybridized carbons (Fsp3) is 0.227. The summed E-state index contributed by atoms with van der Waals surface area (Å²) in [6, 6.07) is 17.4. The number of ketones is 1. The SMILES string of the molecule is O=C(/C=C/C1=C(Br)CCCC1)c1cccc(OCc2ccccc2)c1. The van der Waals surface area contributed by atoms with Gasteiger partial charge in [-0.3, -0.25) is 4.79 Å². The zero-order valence-electron chi connectivity index (χ0n) is 14.1. The second-order valence-corrected chi connectivity index (χ2v) is 7.09. The van der Waals surface area contributed by atoms with Crippen LogP contribution in [-0.2, 0) is 6.61 Å². The van der Waals surface area contributed by atoms with Gasteiger partial charge in [0.2, 0.25) is 0 Å². The van der Waals surface area contributed by atoms with Gasteiger partial charge in [0, 0.05) is 5.56 Å². The van der Waals surface area contributed by atoms with Crippen LogP contribution >= 0.6 is 15.9 Å². The first-order chi connectivity index (χ1) is 12.2. The van der Waals surface area contributed by atoms with E-state index in [2.05, 4.69) is 15.9 Å². The molecule has 0 bridgehead atoms. The van der Waals surface area contributed by atoms with Crippen molar-refractivity contribution in [1.82, 2.24) is 0 Å². The molecule has 0 spiro atoms. The summed E-state index contributed by atoms with van der Waals surface area (Å²) in [6.07, 6.45) is 8.11. The molecular weight excluding hydrogens is 376 g/mol. The van der Waals surface area contributed by atoms with Gasteiger partial charge in [-0.1, -0.05) is 64.5 Å². The Balaban J connectivity index is 1.65. The number of allylic oxidation sites excluding steroid dienone is 4. The van der Waals surface area contributed by atoms with Crippen molar-refractivity contribution in [3.63, 3.8) is 0 Å². The van der Waals surface area contributed by atoms with E-state index >= 15 is 0 Å². The van der Waals surface area contributed by atoms with Crippen LogP contribution < -0.4 is 4.74 Å². The van der Waals surface area contributed by atoms with Crippen LogP contribution in [0, 0.1) is 0 Å². The molecule has 0 amide bonds. The summed E-state index contributed by atoms with van der Waals surface area (Å²) in [5.74, 6) is 0.713. The first-order valence-electron chi connectivity index (χ1n) is 8.59. The number of hydrogen-bond donors (Lipinski definition) is 0. The number of ether oxygens (including phenoxy) is 1. The molecule has 0 radical (unpaired) electrons. The van der Waals surface area contributed by atoms with Crippen molar-refractivity contribution in [2.24, 2.45) is 0 Å². The molecule has 0 fully saturated rings. The standard InChI is InChI=1S/C22H21BrO2/c23-21-12-5-4-9-18(21)13-14-22(24)19-10-6-11-20(15-19)25-16-17-7-2-1-3-8-17/h1-3,6-8,10-11,13-15H,4-5,9,12,16H2/b14-13+. The maximum Gasteiger partial charge on any atom is 0.185 e. The van der Waals surface area contributed by atoms with Gasteiger partial charge in [0.25, 0.3) is 0 Å². The smallest absolute Gasteiger partial charge is 0.185 e. The van der Waals surface area contributed by atoms with Crippen molar-refractivity contribution in [2.45, 2.75) is 32.3 Å². The Hall–Kier alpha value is -2.13. The van der Waals surface area contributed by atoms with E-state index in [-0.39, 0.29) is 5.78 Å². The molecule has 25 heavy (non-hydrogen) atoms. The maximum atomic E-state index is 12.4. The molecular formula is C22H21BrO2. The molecule has 0 atom stereocenters. The maximum absolute atomic E-state index is 12.4. The molecule has 3 heteroatoms. The van der Waals surface area contributed by atoms with Gasteiger partial charge in [0.05, 0.1) is 0 Å². The molecule has 2 aromatic carbocycles. The van der Waals surface area contributed by atoms with Gasteiger partial charge in [-0.2, -0.15) is 0 Å². The van der Waals surface area contributed by atoms with Gasteiger partial charge in [-0.15, -0.1) is 0 Å². The van der Waals surface area contributed by atoms with Crippen LogP contribution in [0.1, 0.15) is 41.6 Å². The average molecular weight is 397 g/mol. The summed E-state index contributed by atoms with van der Waals surface area (Å²) in [7, 11) is 0. The van der Waals surface area contributed by atoms with Gasteiger partial charge in [-0.05, 0) is 59.5 Å². The number of halogens is 1. The van der Waals surface area contributed by atoms with Gasteiger partial charge in [-0.25, -0.2) is 0 Å². The summed E-state index contributed by atoms with van der Waals surface area (Å²) in [4.78, 5) is 12.4. The summed E-state index contributed by atoms with van der Waals surface area (Å²) < 4.78 is 7.03. The van der Waals surface area contributed by atoms with E-state index < -0.39 is 0 Å². The highest BCUT2D eigenvalue weighted by molar-refractivity contribution is 9.11. The number of benzene rings is 2. The third kappa shape index (κ3) is 5.17. The monoisotopic (exact) mass is 396 g/mol. The van der Waals surface area contributed by atoms with Crippen LogP contribution in [-0.4, -0.2) is 5.78 Å².